The van der Waals surface area contributed by atoms with E-state index >= 15 is 0 Å². The summed E-state index contributed by atoms with van der Waals surface area (Å²) in [6, 6.07) is 17.7. The maximum Gasteiger partial charge on any atom is 0.277 e. The van der Waals surface area contributed by atoms with Crippen molar-refractivity contribution in [1.29, 1.82) is 0 Å². The van der Waals surface area contributed by atoms with E-state index < -0.39 is 0 Å². The number of rotatable bonds is 5. The summed E-state index contributed by atoms with van der Waals surface area (Å²) in [5.74, 6) is 1.12. The molecular weight excluding hydrogens is 364 g/mol. The molecule has 1 unspecified atom stereocenters. The van der Waals surface area contributed by atoms with Crippen LogP contribution in [0.1, 0.15) is 34.2 Å². The van der Waals surface area contributed by atoms with Gasteiger partial charge in [0.15, 0.2) is 0 Å². The molecule has 0 aliphatic carbocycles. The standard InChI is InChI=1S/C23H24N4O2/c1-15-12-19(22(28)27-16(2)13-17-8-4-6-10-20(17)27)26-23(25-15)24-14-18-9-5-7-11-21(18)29-3/h4-12,16H,13-14H2,1-3H3,(H,24,25,26). The van der Waals surface area contributed by atoms with Crippen molar-refractivity contribution in [2.24, 2.45) is 0 Å². The zero-order chi connectivity index (χ0) is 20.4. The summed E-state index contributed by atoms with van der Waals surface area (Å²) < 4.78 is 5.39. The second-order valence-electron chi connectivity index (χ2n) is 7.24. The Balaban J connectivity index is 1.58. The molecule has 29 heavy (non-hydrogen) atoms. The molecule has 1 N–H and O–H groups in total. The van der Waals surface area contributed by atoms with Crippen molar-refractivity contribution < 1.29 is 9.53 Å². The van der Waals surface area contributed by atoms with Crippen LogP contribution in [0.4, 0.5) is 11.6 Å². The van der Waals surface area contributed by atoms with Crippen molar-refractivity contribution in [3.05, 3.63) is 77.1 Å². The van der Waals surface area contributed by atoms with E-state index in [1.165, 1.54) is 5.56 Å². The largest absolute Gasteiger partial charge is 0.496 e. The number of carbonyl (C=O) groups excluding carboxylic acids is 1. The molecule has 0 saturated carbocycles. The summed E-state index contributed by atoms with van der Waals surface area (Å²) in [5.41, 5.74) is 4.28. The number of nitrogens with one attached hydrogen (secondary N) is 1. The minimum atomic E-state index is -0.103. The van der Waals surface area contributed by atoms with Crippen molar-refractivity contribution >= 4 is 17.5 Å². The molecule has 0 radical (unpaired) electrons. The van der Waals surface area contributed by atoms with Gasteiger partial charge in [-0.1, -0.05) is 36.4 Å². The summed E-state index contributed by atoms with van der Waals surface area (Å²) in [4.78, 5) is 24.1. The lowest BCUT2D eigenvalue weighted by Crippen LogP contribution is -2.36. The maximum absolute atomic E-state index is 13.3. The van der Waals surface area contributed by atoms with Crippen molar-refractivity contribution in [3.63, 3.8) is 0 Å². The number of hydrogen-bond acceptors (Lipinski definition) is 5. The number of hydrogen-bond donors (Lipinski definition) is 1. The van der Waals surface area contributed by atoms with Gasteiger partial charge in [-0.05, 0) is 44.0 Å². The normalized spacial score (nSPS) is 15.1. The highest BCUT2D eigenvalue weighted by atomic mass is 16.5. The Kier molecular flexibility index (Phi) is 5.16. The third-order valence-corrected chi connectivity index (χ3v) is 5.13. The summed E-state index contributed by atoms with van der Waals surface area (Å²) in [5, 5.41) is 3.22. The lowest BCUT2D eigenvalue weighted by atomic mass is 10.1. The van der Waals surface area contributed by atoms with Gasteiger partial charge in [0.1, 0.15) is 11.4 Å². The molecular formula is C23H24N4O2. The number of carbonyl (C=O) groups is 1. The molecule has 1 aliphatic heterocycles. The molecule has 2 aromatic carbocycles. The molecule has 1 atom stereocenters. The molecule has 4 rings (SSSR count). The van der Waals surface area contributed by atoms with E-state index in [9.17, 15) is 4.79 Å². The number of benzene rings is 2. The molecule has 1 aliphatic rings. The van der Waals surface area contributed by atoms with Crippen LogP contribution >= 0.6 is 0 Å². The Hall–Kier alpha value is -3.41. The van der Waals surface area contributed by atoms with E-state index in [1.54, 1.807) is 13.2 Å². The smallest absolute Gasteiger partial charge is 0.277 e. The zero-order valence-corrected chi connectivity index (χ0v) is 16.8. The lowest BCUT2D eigenvalue weighted by Gasteiger charge is -2.22. The molecule has 6 heteroatoms. The van der Waals surface area contributed by atoms with Crippen LogP contribution in [0.3, 0.4) is 0 Å². The van der Waals surface area contributed by atoms with E-state index in [2.05, 4.69) is 28.3 Å². The summed E-state index contributed by atoms with van der Waals surface area (Å²) in [6.45, 7) is 4.44. The van der Waals surface area contributed by atoms with Crippen LogP contribution in [0.25, 0.3) is 0 Å². The SMILES string of the molecule is COc1ccccc1CNc1nc(C)cc(C(=O)N2c3ccccc3CC2C)n1. The Morgan fingerprint density at radius 3 is 2.76 bits per heavy atom. The van der Waals surface area contributed by atoms with Crippen LogP contribution in [-0.4, -0.2) is 29.0 Å². The van der Waals surface area contributed by atoms with E-state index in [0.717, 1.165) is 29.1 Å². The first-order valence-corrected chi connectivity index (χ1v) is 9.69. The minimum Gasteiger partial charge on any atom is -0.496 e. The van der Waals surface area contributed by atoms with Gasteiger partial charge in [-0.3, -0.25) is 4.79 Å². The van der Waals surface area contributed by atoms with Crippen LogP contribution in [-0.2, 0) is 13.0 Å². The third kappa shape index (κ3) is 3.78. The van der Waals surface area contributed by atoms with Gasteiger partial charge in [0, 0.05) is 29.5 Å². The first-order chi connectivity index (χ1) is 14.1. The van der Waals surface area contributed by atoms with Crippen molar-refractivity contribution in [2.75, 3.05) is 17.3 Å². The highest BCUT2D eigenvalue weighted by Crippen LogP contribution is 2.33. The predicted octanol–water partition coefficient (Wildman–Crippen LogP) is 4.00. The second kappa shape index (κ2) is 7.91. The number of aromatic nitrogens is 2. The van der Waals surface area contributed by atoms with Crippen LogP contribution < -0.4 is 15.0 Å². The highest BCUT2D eigenvalue weighted by molar-refractivity contribution is 6.06. The number of fused-ring (bicyclic) bond motifs is 1. The number of aryl methyl sites for hydroxylation is 1. The van der Waals surface area contributed by atoms with Gasteiger partial charge >= 0.3 is 0 Å². The van der Waals surface area contributed by atoms with Crippen LogP contribution in [0.15, 0.2) is 54.6 Å². The molecule has 0 saturated heterocycles. The quantitative estimate of drug-likeness (QED) is 0.716. The molecule has 0 bridgehead atoms. The fourth-order valence-corrected chi connectivity index (χ4v) is 3.78. The van der Waals surface area contributed by atoms with Gasteiger partial charge in [0.2, 0.25) is 5.95 Å². The zero-order valence-electron chi connectivity index (χ0n) is 16.8. The van der Waals surface area contributed by atoms with E-state index in [4.69, 9.17) is 4.74 Å². The Morgan fingerprint density at radius 2 is 1.93 bits per heavy atom. The molecule has 0 spiro atoms. The van der Waals surface area contributed by atoms with Crippen molar-refractivity contribution in [3.8, 4) is 5.75 Å². The van der Waals surface area contributed by atoms with Crippen LogP contribution in [0.2, 0.25) is 0 Å². The number of para-hydroxylation sites is 2. The third-order valence-electron chi connectivity index (χ3n) is 5.13. The summed E-state index contributed by atoms with van der Waals surface area (Å²) >= 11 is 0. The molecule has 3 aromatic rings. The van der Waals surface area contributed by atoms with Crippen LogP contribution in [0.5, 0.6) is 5.75 Å². The number of anilines is 2. The molecule has 1 aromatic heterocycles. The van der Waals surface area contributed by atoms with Crippen molar-refractivity contribution in [1.82, 2.24) is 9.97 Å². The van der Waals surface area contributed by atoms with Gasteiger partial charge in [-0.2, -0.15) is 0 Å². The van der Waals surface area contributed by atoms with Gasteiger partial charge in [0.25, 0.3) is 5.91 Å². The Labute approximate surface area is 170 Å². The summed E-state index contributed by atoms with van der Waals surface area (Å²) in [6.07, 6.45) is 0.852. The molecule has 0 fully saturated rings. The monoisotopic (exact) mass is 388 g/mol. The Morgan fingerprint density at radius 1 is 1.17 bits per heavy atom. The Bertz CT molecular complexity index is 1050. The second-order valence-corrected chi connectivity index (χ2v) is 7.24. The molecule has 1 amide bonds. The molecule has 148 valence electrons. The number of methoxy groups -OCH3 is 1. The topological polar surface area (TPSA) is 67.3 Å². The number of amides is 1. The first kappa shape index (κ1) is 18.9. The van der Waals surface area contributed by atoms with E-state index in [0.29, 0.717) is 18.2 Å². The van der Waals surface area contributed by atoms with Crippen LogP contribution in [0, 0.1) is 6.92 Å². The first-order valence-electron chi connectivity index (χ1n) is 9.69. The molecule has 2 heterocycles. The highest BCUT2D eigenvalue weighted by Gasteiger charge is 2.32. The van der Waals surface area contributed by atoms with Gasteiger partial charge in [-0.25, -0.2) is 9.97 Å². The van der Waals surface area contributed by atoms with Crippen molar-refractivity contribution in [2.45, 2.75) is 32.9 Å². The fraction of sp³-hybridized carbons (Fsp3) is 0.261. The number of ether oxygens (including phenoxy) is 1. The predicted molar refractivity (Wildman–Crippen MR) is 114 cm³/mol. The van der Waals surface area contributed by atoms with E-state index in [-0.39, 0.29) is 11.9 Å². The van der Waals surface area contributed by atoms with Gasteiger partial charge in [-0.15, -0.1) is 0 Å². The summed E-state index contributed by atoms with van der Waals surface area (Å²) in [7, 11) is 1.65. The lowest BCUT2D eigenvalue weighted by molar-refractivity contribution is 0.0976. The maximum atomic E-state index is 13.3. The van der Waals surface area contributed by atoms with Gasteiger partial charge < -0.3 is 15.0 Å². The fourth-order valence-electron chi connectivity index (χ4n) is 3.78. The minimum absolute atomic E-state index is 0.0974. The molecule has 6 nitrogen and oxygen atoms in total. The average molecular weight is 388 g/mol. The average Bonchev–Trinajstić information content (AvgIpc) is 3.07. The number of nitrogens with zero attached hydrogens (tertiary/aromatic N) is 3. The van der Waals surface area contributed by atoms with E-state index in [1.807, 2.05) is 54.3 Å². The van der Waals surface area contributed by atoms with Gasteiger partial charge in [0.05, 0.1) is 7.11 Å².